The van der Waals surface area contributed by atoms with E-state index in [9.17, 15) is 24.6 Å². The molecule has 152 valence electrons. The van der Waals surface area contributed by atoms with Gasteiger partial charge in [0.1, 0.15) is 6.04 Å². The molecule has 0 bridgehead atoms. The van der Waals surface area contributed by atoms with Crippen molar-refractivity contribution in [3.05, 3.63) is 36.0 Å². The molecule has 0 radical (unpaired) electrons. The second-order valence-corrected chi connectivity index (χ2v) is 6.84. The molecule has 9 nitrogen and oxygen atoms in total. The SMILES string of the molecule is CC(O)C(NC(=O)C(Cc1c[nH]c2ccccc12)NC(=O)C(N)CS)C(=O)O. The number of amides is 2. The maximum atomic E-state index is 12.7. The molecule has 0 aliphatic carbocycles. The predicted molar refractivity (Wildman–Crippen MR) is 107 cm³/mol. The Labute approximate surface area is 167 Å². The number of rotatable bonds is 9. The van der Waals surface area contributed by atoms with Crippen molar-refractivity contribution in [1.82, 2.24) is 15.6 Å². The number of carbonyl (C=O) groups excluding carboxylic acids is 2. The predicted octanol–water partition coefficient (Wildman–Crippen LogP) is -0.597. The van der Waals surface area contributed by atoms with Crippen LogP contribution in [0.25, 0.3) is 10.9 Å². The molecular formula is C18H24N4O5S. The monoisotopic (exact) mass is 408 g/mol. The van der Waals surface area contributed by atoms with E-state index in [0.29, 0.717) is 0 Å². The summed E-state index contributed by atoms with van der Waals surface area (Å²) in [5.74, 6) is -2.62. The van der Waals surface area contributed by atoms with Crippen LogP contribution in [0.1, 0.15) is 12.5 Å². The fraction of sp³-hybridized carbons (Fsp3) is 0.389. The number of aliphatic carboxylic acids is 1. The number of thiol groups is 1. The number of aromatic nitrogens is 1. The lowest BCUT2D eigenvalue weighted by Gasteiger charge is -2.23. The Morgan fingerprint density at radius 3 is 2.50 bits per heavy atom. The minimum absolute atomic E-state index is 0.0820. The number of aromatic amines is 1. The molecular weight excluding hydrogens is 384 g/mol. The van der Waals surface area contributed by atoms with Crippen molar-refractivity contribution < 1.29 is 24.6 Å². The fourth-order valence-electron chi connectivity index (χ4n) is 2.73. The highest BCUT2D eigenvalue weighted by molar-refractivity contribution is 7.80. The van der Waals surface area contributed by atoms with Crippen LogP contribution in [0.2, 0.25) is 0 Å². The summed E-state index contributed by atoms with van der Waals surface area (Å²) in [6, 6.07) is 3.93. The molecule has 1 aromatic heterocycles. The number of H-pyrrole nitrogens is 1. The van der Waals surface area contributed by atoms with E-state index in [1.54, 1.807) is 6.20 Å². The Kier molecular flexibility index (Phi) is 7.44. The van der Waals surface area contributed by atoms with Gasteiger partial charge in [0.25, 0.3) is 0 Å². The number of carbonyl (C=O) groups is 3. The van der Waals surface area contributed by atoms with Crippen LogP contribution in [0.3, 0.4) is 0 Å². The van der Waals surface area contributed by atoms with Gasteiger partial charge in [-0.25, -0.2) is 4.79 Å². The van der Waals surface area contributed by atoms with Crippen LogP contribution in [0.4, 0.5) is 0 Å². The summed E-state index contributed by atoms with van der Waals surface area (Å²) in [5.41, 5.74) is 7.29. The number of fused-ring (bicyclic) bond motifs is 1. The Balaban J connectivity index is 2.26. The first-order chi connectivity index (χ1) is 13.2. The molecule has 0 aliphatic rings. The van der Waals surface area contributed by atoms with Gasteiger partial charge in [-0.2, -0.15) is 12.6 Å². The molecule has 0 saturated carbocycles. The molecule has 7 N–H and O–H groups in total. The second-order valence-electron chi connectivity index (χ2n) is 6.48. The maximum absolute atomic E-state index is 12.7. The van der Waals surface area contributed by atoms with Gasteiger partial charge in [0.05, 0.1) is 12.1 Å². The topological polar surface area (TPSA) is 158 Å². The van der Waals surface area contributed by atoms with Crippen molar-refractivity contribution in [2.75, 3.05) is 5.75 Å². The average molecular weight is 408 g/mol. The van der Waals surface area contributed by atoms with Crippen molar-refractivity contribution in [2.45, 2.75) is 37.6 Å². The number of carboxylic acids is 1. The molecule has 0 spiro atoms. The van der Waals surface area contributed by atoms with Gasteiger partial charge in [-0.15, -0.1) is 0 Å². The highest BCUT2D eigenvalue weighted by atomic mass is 32.1. The Morgan fingerprint density at radius 2 is 1.89 bits per heavy atom. The first-order valence-corrected chi connectivity index (χ1v) is 9.31. The summed E-state index contributed by atoms with van der Waals surface area (Å²) in [5, 5.41) is 24.5. The van der Waals surface area contributed by atoms with Gasteiger partial charge >= 0.3 is 5.97 Å². The Bertz CT molecular complexity index is 853. The van der Waals surface area contributed by atoms with Gasteiger partial charge in [0.2, 0.25) is 11.8 Å². The number of nitrogens with two attached hydrogens (primary N) is 1. The summed E-state index contributed by atoms with van der Waals surface area (Å²) in [6.45, 7) is 1.25. The third-order valence-electron chi connectivity index (χ3n) is 4.31. The van der Waals surface area contributed by atoms with E-state index in [4.69, 9.17) is 5.73 Å². The van der Waals surface area contributed by atoms with E-state index in [1.165, 1.54) is 6.92 Å². The van der Waals surface area contributed by atoms with Crippen LogP contribution in [0, 0.1) is 0 Å². The quantitative estimate of drug-likeness (QED) is 0.275. The number of carboxylic acid groups (broad SMARTS) is 1. The first-order valence-electron chi connectivity index (χ1n) is 8.67. The van der Waals surface area contributed by atoms with Crippen LogP contribution in [-0.4, -0.2) is 63.0 Å². The molecule has 2 aromatic rings. The zero-order valence-electron chi connectivity index (χ0n) is 15.3. The maximum Gasteiger partial charge on any atom is 0.328 e. The fourth-order valence-corrected chi connectivity index (χ4v) is 2.90. The lowest BCUT2D eigenvalue weighted by Crippen LogP contribution is -2.57. The highest BCUT2D eigenvalue weighted by Crippen LogP contribution is 2.19. The zero-order chi connectivity index (χ0) is 20.8. The molecule has 4 atom stereocenters. The summed E-state index contributed by atoms with van der Waals surface area (Å²) >= 11 is 3.97. The third-order valence-corrected chi connectivity index (χ3v) is 4.71. The van der Waals surface area contributed by atoms with E-state index in [-0.39, 0.29) is 12.2 Å². The average Bonchev–Trinajstić information content (AvgIpc) is 3.07. The summed E-state index contributed by atoms with van der Waals surface area (Å²) in [7, 11) is 0. The lowest BCUT2D eigenvalue weighted by atomic mass is 10.0. The normalized spacial score (nSPS) is 15.4. The number of nitrogens with one attached hydrogen (secondary N) is 3. The smallest absolute Gasteiger partial charge is 0.328 e. The molecule has 0 aliphatic heterocycles. The number of hydrogen-bond acceptors (Lipinski definition) is 6. The Morgan fingerprint density at radius 1 is 1.21 bits per heavy atom. The summed E-state index contributed by atoms with van der Waals surface area (Å²) in [4.78, 5) is 39.2. The molecule has 28 heavy (non-hydrogen) atoms. The van der Waals surface area contributed by atoms with Gasteiger partial charge in [-0.3, -0.25) is 9.59 Å². The number of benzene rings is 1. The van der Waals surface area contributed by atoms with Crippen LogP contribution in [-0.2, 0) is 20.8 Å². The van der Waals surface area contributed by atoms with E-state index in [2.05, 4.69) is 28.2 Å². The molecule has 10 heteroatoms. The van der Waals surface area contributed by atoms with E-state index < -0.39 is 42.0 Å². The molecule has 1 aromatic carbocycles. The van der Waals surface area contributed by atoms with Crippen molar-refractivity contribution in [3.63, 3.8) is 0 Å². The van der Waals surface area contributed by atoms with Crippen molar-refractivity contribution in [3.8, 4) is 0 Å². The number of aliphatic hydroxyl groups excluding tert-OH is 1. The Hall–Kier alpha value is -2.56. The largest absolute Gasteiger partial charge is 0.480 e. The van der Waals surface area contributed by atoms with Crippen LogP contribution < -0.4 is 16.4 Å². The minimum atomic E-state index is -1.51. The number of aliphatic hydroxyl groups is 1. The van der Waals surface area contributed by atoms with Crippen LogP contribution in [0.15, 0.2) is 30.5 Å². The molecule has 2 amide bonds. The summed E-state index contributed by atoms with van der Waals surface area (Å²) in [6.07, 6.45) is 0.511. The van der Waals surface area contributed by atoms with Gasteiger partial charge in [-0.1, -0.05) is 18.2 Å². The third kappa shape index (κ3) is 5.24. The lowest BCUT2D eigenvalue weighted by molar-refractivity contribution is -0.145. The molecule has 2 rings (SSSR count). The zero-order valence-corrected chi connectivity index (χ0v) is 16.1. The van der Waals surface area contributed by atoms with E-state index in [0.717, 1.165) is 16.5 Å². The van der Waals surface area contributed by atoms with E-state index in [1.807, 2.05) is 24.3 Å². The molecule has 0 saturated heterocycles. The second kappa shape index (κ2) is 9.58. The standard InChI is InChI=1S/C18H24N4O5S/c1-9(23)15(18(26)27)22-17(25)14(21-16(24)12(19)8-28)6-10-7-20-13-5-3-2-4-11(10)13/h2-5,7,9,12,14-15,20,23,28H,6,8,19H2,1H3,(H,21,24)(H,22,25)(H,26,27). The van der Waals surface area contributed by atoms with Crippen molar-refractivity contribution in [1.29, 1.82) is 0 Å². The first kappa shape index (κ1) is 21.7. The highest BCUT2D eigenvalue weighted by Gasteiger charge is 2.30. The number of para-hydroxylation sites is 1. The number of hydrogen-bond donors (Lipinski definition) is 7. The van der Waals surface area contributed by atoms with Gasteiger partial charge in [-0.05, 0) is 18.6 Å². The van der Waals surface area contributed by atoms with Crippen molar-refractivity contribution in [2.24, 2.45) is 5.73 Å². The van der Waals surface area contributed by atoms with Gasteiger partial charge < -0.3 is 31.6 Å². The molecule has 0 fully saturated rings. The van der Waals surface area contributed by atoms with Crippen LogP contribution in [0.5, 0.6) is 0 Å². The summed E-state index contributed by atoms with van der Waals surface area (Å²) < 4.78 is 0. The molecule has 1 heterocycles. The van der Waals surface area contributed by atoms with Gasteiger partial charge in [0, 0.05) is 29.3 Å². The van der Waals surface area contributed by atoms with E-state index >= 15 is 0 Å². The van der Waals surface area contributed by atoms with Gasteiger partial charge in [0.15, 0.2) is 6.04 Å². The minimum Gasteiger partial charge on any atom is -0.480 e. The molecule has 4 unspecified atom stereocenters. The van der Waals surface area contributed by atoms with Crippen molar-refractivity contribution >= 4 is 41.3 Å². The van der Waals surface area contributed by atoms with Crippen LogP contribution >= 0.6 is 12.6 Å².